The van der Waals surface area contributed by atoms with Gasteiger partial charge in [0.2, 0.25) is 5.91 Å². The van der Waals surface area contributed by atoms with Gasteiger partial charge < -0.3 is 15.2 Å². The van der Waals surface area contributed by atoms with Crippen molar-refractivity contribution in [3.8, 4) is 0 Å². The van der Waals surface area contributed by atoms with Gasteiger partial charge in [-0.25, -0.2) is 0 Å². The van der Waals surface area contributed by atoms with E-state index in [1.54, 1.807) is 13.0 Å². The van der Waals surface area contributed by atoms with E-state index in [1.165, 1.54) is 4.90 Å². The van der Waals surface area contributed by atoms with Crippen LogP contribution in [0.15, 0.2) is 10.9 Å². The number of amides is 2. The summed E-state index contributed by atoms with van der Waals surface area (Å²) >= 11 is 0. The molecule has 1 saturated heterocycles. The number of carbonyl (C=O) groups excluding carboxylic acids is 2. The number of hydrogen-bond acceptors (Lipinski definition) is 3. The Labute approximate surface area is 122 Å². The Kier molecular flexibility index (Phi) is 3.53. The van der Waals surface area contributed by atoms with Crippen LogP contribution < -0.4 is 10.9 Å². The normalized spacial score (nSPS) is 21.7. The highest BCUT2D eigenvalue weighted by atomic mass is 16.2. The summed E-state index contributed by atoms with van der Waals surface area (Å²) in [6.07, 6.45) is 3.90. The third-order valence-corrected chi connectivity index (χ3v) is 4.33. The van der Waals surface area contributed by atoms with Gasteiger partial charge in [-0.2, -0.15) is 0 Å². The molecule has 0 spiro atoms. The van der Waals surface area contributed by atoms with Crippen molar-refractivity contribution in [3.05, 3.63) is 33.2 Å². The summed E-state index contributed by atoms with van der Waals surface area (Å²) in [5, 5.41) is 2.71. The van der Waals surface area contributed by atoms with E-state index in [0.29, 0.717) is 13.1 Å². The molecule has 2 heterocycles. The molecule has 6 heteroatoms. The lowest BCUT2D eigenvalue weighted by Crippen LogP contribution is -2.56. The van der Waals surface area contributed by atoms with Crippen LogP contribution in [0.3, 0.4) is 0 Å². The van der Waals surface area contributed by atoms with Crippen LogP contribution in [0.5, 0.6) is 0 Å². The summed E-state index contributed by atoms with van der Waals surface area (Å²) in [5.41, 5.74) is 1.81. The molecule has 1 aliphatic carbocycles. The van der Waals surface area contributed by atoms with Gasteiger partial charge in [0, 0.05) is 18.8 Å². The van der Waals surface area contributed by atoms with Crippen molar-refractivity contribution < 1.29 is 9.59 Å². The fourth-order valence-electron chi connectivity index (χ4n) is 3.05. The van der Waals surface area contributed by atoms with Crippen molar-refractivity contribution >= 4 is 11.8 Å². The maximum absolute atomic E-state index is 12.6. The number of aromatic amines is 1. The number of H-pyrrole nitrogens is 1. The molecule has 2 aliphatic rings. The van der Waals surface area contributed by atoms with Gasteiger partial charge in [-0.05, 0) is 44.2 Å². The average molecular weight is 289 g/mol. The fourth-order valence-corrected chi connectivity index (χ4v) is 3.05. The number of nitrogens with one attached hydrogen (secondary N) is 2. The smallest absolute Gasteiger partial charge is 0.261 e. The van der Waals surface area contributed by atoms with Crippen LogP contribution >= 0.6 is 0 Å². The number of pyridine rings is 1. The number of aromatic nitrogens is 1. The van der Waals surface area contributed by atoms with Gasteiger partial charge in [-0.1, -0.05) is 0 Å². The molecular weight excluding hydrogens is 270 g/mol. The Morgan fingerprint density at radius 1 is 1.29 bits per heavy atom. The number of piperazine rings is 1. The molecule has 1 aromatic rings. The number of aryl methyl sites for hydroxylation is 2. The summed E-state index contributed by atoms with van der Waals surface area (Å²) < 4.78 is 0. The van der Waals surface area contributed by atoms with Crippen molar-refractivity contribution in [2.45, 2.75) is 38.6 Å². The molecule has 1 aliphatic heterocycles. The second-order valence-corrected chi connectivity index (χ2v) is 5.69. The molecular formula is C15H19N3O3. The van der Waals surface area contributed by atoms with Crippen molar-refractivity contribution in [2.24, 2.45) is 0 Å². The summed E-state index contributed by atoms with van der Waals surface area (Å²) in [4.78, 5) is 40.7. The lowest BCUT2D eigenvalue weighted by molar-refractivity contribution is -0.127. The second-order valence-electron chi connectivity index (χ2n) is 5.69. The molecule has 1 aromatic heterocycles. The van der Waals surface area contributed by atoms with Gasteiger partial charge in [-0.15, -0.1) is 0 Å². The molecule has 1 atom stereocenters. The van der Waals surface area contributed by atoms with Gasteiger partial charge in [0.1, 0.15) is 11.6 Å². The highest BCUT2D eigenvalue weighted by molar-refractivity contribution is 5.98. The van der Waals surface area contributed by atoms with E-state index < -0.39 is 6.04 Å². The largest absolute Gasteiger partial charge is 0.353 e. The Morgan fingerprint density at radius 3 is 2.86 bits per heavy atom. The zero-order valence-electron chi connectivity index (χ0n) is 12.1. The van der Waals surface area contributed by atoms with Crippen LogP contribution in [-0.4, -0.2) is 40.8 Å². The number of carbonyl (C=O) groups is 2. The molecule has 6 nitrogen and oxygen atoms in total. The molecule has 0 radical (unpaired) electrons. The maximum Gasteiger partial charge on any atom is 0.261 e. The first-order chi connectivity index (χ1) is 10.1. The molecule has 2 amide bonds. The number of hydrogen-bond donors (Lipinski definition) is 2. The van der Waals surface area contributed by atoms with E-state index in [1.807, 2.05) is 0 Å². The minimum atomic E-state index is -0.540. The Bertz CT molecular complexity index is 650. The van der Waals surface area contributed by atoms with E-state index in [-0.39, 0.29) is 22.9 Å². The van der Waals surface area contributed by atoms with Crippen LogP contribution in [0, 0.1) is 0 Å². The fraction of sp³-hybridized carbons (Fsp3) is 0.533. The van der Waals surface area contributed by atoms with Crippen molar-refractivity contribution in [2.75, 3.05) is 13.1 Å². The maximum atomic E-state index is 12.6. The van der Waals surface area contributed by atoms with Gasteiger partial charge in [-0.3, -0.25) is 14.4 Å². The summed E-state index contributed by atoms with van der Waals surface area (Å²) in [5.74, 6) is -0.532. The highest BCUT2D eigenvalue weighted by Crippen LogP contribution is 2.19. The lowest BCUT2D eigenvalue weighted by Gasteiger charge is -2.32. The van der Waals surface area contributed by atoms with E-state index >= 15 is 0 Å². The van der Waals surface area contributed by atoms with Crippen LogP contribution in [-0.2, 0) is 17.6 Å². The van der Waals surface area contributed by atoms with Gasteiger partial charge >= 0.3 is 0 Å². The van der Waals surface area contributed by atoms with Crippen molar-refractivity contribution in [1.82, 2.24) is 15.2 Å². The molecule has 112 valence electrons. The van der Waals surface area contributed by atoms with Crippen molar-refractivity contribution in [3.63, 3.8) is 0 Å². The minimum Gasteiger partial charge on any atom is -0.353 e. The standard InChI is InChI=1S/C15H19N3O3/c1-9-13(19)16-6-7-18(9)15(21)11-8-10-4-2-3-5-12(10)17-14(11)20/h8-9H,2-7H2,1H3,(H,16,19)(H,17,20)/t9-/m1/s1. The number of fused-ring (bicyclic) bond motifs is 1. The number of nitrogens with zero attached hydrogens (tertiary/aromatic N) is 1. The molecule has 0 unspecified atom stereocenters. The summed E-state index contributed by atoms with van der Waals surface area (Å²) in [7, 11) is 0. The monoisotopic (exact) mass is 289 g/mol. The predicted octanol–water partition coefficient (Wildman–Crippen LogP) is 0.214. The summed E-state index contributed by atoms with van der Waals surface area (Å²) in [6.45, 7) is 2.54. The SMILES string of the molecule is C[C@@H]1C(=O)NCCN1C(=O)c1cc2c([nH]c1=O)CCCC2. The first-order valence-corrected chi connectivity index (χ1v) is 7.41. The molecule has 0 saturated carbocycles. The third kappa shape index (κ3) is 2.46. The molecule has 0 aromatic carbocycles. The van der Waals surface area contributed by atoms with Gasteiger partial charge in [0.05, 0.1) is 0 Å². The van der Waals surface area contributed by atoms with Crippen LogP contribution in [0.2, 0.25) is 0 Å². The first-order valence-electron chi connectivity index (χ1n) is 7.41. The van der Waals surface area contributed by atoms with Crippen LogP contribution in [0.4, 0.5) is 0 Å². The third-order valence-electron chi connectivity index (χ3n) is 4.33. The second kappa shape index (κ2) is 5.35. The van der Waals surface area contributed by atoms with E-state index in [9.17, 15) is 14.4 Å². The highest BCUT2D eigenvalue weighted by Gasteiger charge is 2.31. The average Bonchev–Trinajstić information content (AvgIpc) is 2.48. The molecule has 2 N–H and O–H groups in total. The predicted molar refractivity (Wildman–Crippen MR) is 77.2 cm³/mol. The summed E-state index contributed by atoms with van der Waals surface area (Å²) in [6, 6.07) is 1.18. The Morgan fingerprint density at radius 2 is 2.05 bits per heavy atom. The van der Waals surface area contributed by atoms with E-state index in [4.69, 9.17) is 0 Å². The molecule has 3 rings (SSSR count). The Hall–Kier alpha value is -2.11. The van der Waals surface area contributed by atoms with E-state index in [0.717, 1.165) is 36.9 Å². The molecule has 21 heavy (non-hydrogen) atoms. The number of rotatable bonds is 1. The zero-order chi connectivity index (χ0) is 15.0. The van der Waals surface area contributed by atoms with Crippen molar-refractivity contribution in [1.29, 1.82) is 0 Å². The lowest BCUT2D eigenvalue weighted by atomic mass is 9.94. The van der Waals surface area contributed by atoms with Crippen LogP contribution in [0.1, 0.15) is 41.4 Å². The quantitative estimate of drug-likeness (QED) is 0.775. The Balaban J connectivity index is 1.94. The zero-order valence-corrected chi connectivity index (χ0v) is 12.1. The van der Waals surface area contributed by atoms with Gasteiger partial charge in [0.25, 0.3) is 11.5 Å². The van der Waals surface area contributed by atoms with Crippen LogP contribution in [0.25, 0.3) is 0 Å². The topological polar surface area (TPSA) is 82.3 Å². The van der Waals surface area contributed by atoms with Gasteiger partial charge in [0.15, 0.2) is 0 Å². The minimum absolute atomic E-state index is 0.150. The van der Waals surface area contributed by atoms with E-state index in [2.05, 4.69) is 10.3 Å². The first kappa shape index (κ1) is 13.9. The molecule has 0 bridgehead atoms. The molecule has 1 fully saturated rings.